The second kappa shape index (κ2) is 6.37. The van der Waals surface area contributed by atoms with Crippen molar-refractivity contribution in [2.45, 2.75) is 6.92 Å². The smallest absolute Gasteiger partial charge is 0.335 e. The standard InChI is InChI=1S/C18H14O7/c1-9(20)12-7-11(24-5-4-19)8-14-16(21)13-6-10(18(22)23)2-3-15(13)25-17(12)14/h2-3,6-8,19H,4-5H2,1H3,(H,22,23). The van der Waals surface area contributed by atoms with Gasteiger partial charge in [0.05, 0.1) is 28.5 Å². The van der Waals surface area contributed by atoms with Crippen LogP contribution >= 0.6 is 0 Å². The van der Waals surface area contributed by atoms with Gasteiger partial charge in [-0.25, -0.2) is 4.79 Å². The van der Waals surface area contributed by atoms with E-state index in [1.54, 1.807) is 0 Å². The summed E-state index contributed by atoms with van der Waals surface area (Å²) in [4.78, 5) is 35.8. The van der Waals surface area contributed by atoms with Gasteiger partial charge >= 0.3 is 5.97 Å². The maximum atomic E-state index is 12.8. The van der Waals surface area contributed by atoms with E-state index in [1.165, 1.54) is 37.3 Å². The number of carbonyl (C=O) groups is 2. The molecular formula is C18H14O7. The Labute approximate surface area is 141 Å². The molecule has 7 heteroatoms. The van der Waals surface area contributed by atoms with Crippen molar-refractivity contribution in [3.8, 4) is 5.75 Å². The molecule has 2 aromatic carbocycles. The number of aliphatic hydroxyl groups is 1. The summed E-state index contributed by atoms with van der Waals surface area (Å²) in [5.74, 6) is -1.23. The van der Waals surface area contributed by atoms with Crippen molar-refractivity contribution in [3.63, 3.8) is 0 Å². The number of Topliss-reactive ketones (excluding diaryl/α,β-unsaturated/α-hetero) is 1. The van der Waals surface area contributed by atoms with Crippen LogP contribution in [-0.4, -0.2) is 35.2 Å². The second-order valence-corrected chi connectivity index (χ2v) is 5.42. The van der Waals surface area contributed by atoms with Crippen LogP contribution in [0.2, 0.25) is 0 Å². The molecule has 0 spiro atoms. The molecule has 0 aliphatic carbocycles. The van der Waals surface area contributed by atoms with Crippen LogP contribution in [0, 0.1) is 0 Å². The van der Waals surface area contributed by atoms with Gasteiger partial charge in [-0.1, -0.05) is 0 Å². The highest BCUT2D eigenvalue weighted by Crippen LogP contribution is 2.27. The van der Waals surface area contributed by atoms with E-state index in [2.05, 4.69) is 0 Å². The van der Waals surface area contributed by atoms with E-state index in [0.717, 1.165) is 0 Å². The third-order valence-electron chi connectivity index (χ3n) is 3.73. The summed E-state index contributed by atoms with van der Waals surface area (Å²) in [5.41, 5.74) is -0.0277. The van der Waals surface area contributed by atoms with Gasteiger partial charge in [0.1, 0.15) is 23.5 Å². The van der Waals surface area contributed by atoms with Crippen LogP contribution in [0.4, 0.5) is 0 Å². The number of ketones is 1. The molecule has 0 saturated heterocycles. The number of rotatable bonds is 5. The molecule has 0 amide bonds. The van der Waals surface area contributed by atoms with Crippen LogP contribution in [0.3, 0.4) is 0 Å². The zero-order chi connectivity index (χ0) is 18.1. The van der Waals surface area contributed by atoms with Gasteiger partial charge in [0.2, 0.25) is 5.43 Å². The molecule has 25 heavy (non-hydrogen) atoms. The number of fused-ring (bicyclic) bond motifs is 2. The van der Waals surface area contributed by atoms with Crippen LogP contribution in [0.15, 0.2) is 39.5 Å². The number of aliphatic hydroxyl groups excluding tert-OH is 1. The third-order valence-corrected chi connectivity index (χ3v) is 3.73. The first-order chi connectivity index (χ1) is 11.9. The van der Waals surface area contributed by atoms with E-state index in [-0.39, 0.29) is 57.8 Å². The van der Waals surface area contributed by atoms with Crippen molar-refractivity contribution >= 4 is 33.7 Å². The van der Waals surface area contributed by atoms with Crippen LogP contribution < -0.4 is 10.2 Å². The van der Waals surface area contributed by atoms with Crippen molar-refractivity contribution in [2.24, 2.45) is 0 Å². The molecule has 0 fully saturated rings. The molecule has 0 aliphatic heterocycles. The highest BCUT2D eigenvalue weighted by molar-refractivity contribution is 6.07. The lowest BCUT2D eigenvalue weighted by Gasteiger charge is -2.09. The first-order valence-corrected chi connectivity index (χ1v) is 7.45. The summed E-state index contributed by atoms with van der Waals surface area (Å²) >= 11 is 0. The summed E-state index contributed by atoms with van der Waals surface area (Å²) in [7, 11) is 0. The second-order valence-electron chi connectivity index (χ2n) is 5.42. The highest BCUT2D eigenvalue weighted by atomic mass is 16.5. The van der Waals surface area contributed by atoms with Gasteiger partial charge in [-0.3, -0.25) is 9.59 Å². The lowest BCUT2D eigenvalue weighted by Crippen LogP contribution is -2.08. The minimum atomic E-state index is -1.16. The summed E-state index contributed by atoms with van der Waals surface area (Å²) in [6, 6.07) is 6.81. The molecule has 0 saturated carbocycles. The number of carboxylic acid groups (broad SMARTS) is 1. The molecular weight excluding hydrogens is 328 g/mol. The summed E-state index contributed by atoms with van der Waals surface area (Å²) in [6.07, 6.45) is 0. The number of aromatic carboxylic acids is 1. The topological polar surface area (TPSA) is 114 Å². The molecule has 0 atom stereocenters. The molecule has 0 radical (unpaired) electrons. The molecule has 0 bridgehead atoms. The SMILES string of the molecule is CC(=O)c1cc(OCCO)cc2c(=O)c3cc(C(=O)O)ccc3oc12. The quantitative estimate of drug-likeness (QED) is 0.540. The zero-order valence-corrected chi connectivity index (χ0v) is 13.2. The molecule has 0 unspecified atom stereocenters. The zero-order valence-electron chi connectivity index (χ0n) is 13.2. The van der Waals surface area contributed by atoms with E-state index in [9.17, 15) is 14.4 Å². The Balaban J connectivity index is 2.37. The van der Waals surface area contributed by atoms with Gasteiger partial charge in [-0.2, -0.15) is 0 Å². The molecule has 1 aromatic heterocycles. The Morgan fingerprint density at radius 3 is 2.56 bits per heavy atom. The number of carbonyl (C=O) groups excluding carboxylic acids is 1. The fourth-order valence-electron chi connectivity index (χ4n) is 2.57. The van der Waals surface area contributed by atoms with Gasteiger partial charge in [0.15, 0.2) is 5.78 Å². The van der Waals surface area contributed by atoms with Gasteiger partial charge in [-0.05, 0) is 37.3 Å². The van der Waals surface area contributed by atoms with E-state index < -0.39 is 11.4 Å². The summed E-state index contributed by atoms with van der Waals surface area (Å²) in [5, 5.41) is 18.2. The Morgan fingerprint density at radius 1 is 1.16 bits per heavy atom. The largest absolute Gasteiger partial charge is 0.491 e. The normalized spacial score (nSPS) is 11.0. The summed E-state index contributed by atoms with van der Waals surface area (Å²) in [6.45, 7) is 1.12. The fraction of sp³-hybridized carbons (Fsp3) is 0.167. The van der Waals surface area contributed by atoms with Crippen LogP contribution in [0.25, 0.3) is 21.9 Å². The molecule has 3 aromatic rings. The van der Waals surface area contributed by atoms with Gasteiger partial charge in [0, 0.05) is 0 Å². The highest BCUT2D eigenvalue weighted by Gasteiger charge is 2.17. The van der Waals surface area contributed by atoms with Crippen molar-refractivity contribution in [2.75, 3.05) is 13.2 Å². The Morgan fingerprint density at radius 2 is 1.92 bits per heavy atom. The van der Waals surface area contributed by atoms with Crippen LogP contribution in [0.5, 0.6) is 5.75 Å². The van der Waals surface area contributed by atoms with E-state index in [0.29, 0.717) is 0 Å². The van der Waals surface area contributed by atoms with Crippen LogP contribution in [-0.2, 0) is 0 Å². The lowest BCUT2D eigenvalue weighted by atomic mass is 10.0. The van der Waals surface area contributed by atoms with Crippen molar-refractivity contribution in [3.05, 3.63) is 51.7 Å². The maximum absolute atomic E-state index is 12.8. The number of carboxylic acids is 1. The molecule has 3 rings (SSSR count). The van der Waals surface area contributed by atoms with Gasteiger partial charge < -0.3 is 19.4 Å². The molecule has 0 aliphatic rings. The van der Waals surface area contributed by atoms with Gasteiger partial charge in [-0.15, -0.1) is 0 Å². The van der Waals surface area contributed by atoms with Gasteiger partial charge in [0.25, 0.3) is 0 Å². The molecule has 1 heterocycles. The molecule has 128 valence electrons. The lowest BCUT2D eigenvalue weighted by molar-refractivity contribution is 0.0697. The summed E-state index contributed by atoms with van der Waals surface area (Å²) < 4.78 is 11.0. The predicted octanol–water partition coefficient (Wildman–Crippen LogP) is 2.22. The first-order valence-electron chi connectivity index (χ1n) is 7.45. The number of ether oxygens (including phenoxy) is 1. The molecule has 2 N–H and O–H groups in total. The fourth-order valence-corrected chi connectivity index (χ4v) is 2.57. The van der Waals surface area contributed by atoms with E-state index >= 15 is 0 Å². The minimum Gasteiger partial charge on any atom is -0.491 e. The Kier molecular flexibility index (Phi) is 4.24. The van der Waals surface area contributed by atoms with Crippen molar-refractivity contribution in [1.29, 1.82) is 0 Å². The number of hydrogen-bond acceptors (Lipinski definition) is 6. The third kappa shape index (κ3) is 2.97. The monoisotopic (exact) mass is 342 g/mol. The maximum Gasteiger partial charge on any atom is 0.335 e. The van der Waals surface area contributed by atoms with Crippen molar-refractivity contribution < 1.29 is 29.0 Å². The Bertz CT molecular complexity index is 1060. The van der Waals surface area contributed by atoms with E-state index in [1.807, 2.05) is 0 Å². The Hall–Kier alpha value is -3.19. The average Bonchev–Trinajstić information content (AvgIpc) is 2.59. The number of hydrogen-bond donors (Lipinski definition) is 2. The number of benzene rings is 2. The first kappa shape index (κ1) is 16.7. The van der Waals surface area contributed by atoms with Crippen LogP contribution in [0.1, 0.15) is 27.6 Å². The minimum absolute atomic E-state index is 0.00489. The molecule has 7 nitrogen and oxygen atoms in total. The average molecular weight is 342 g/mol. The predicted molar refractivity (Wildman–Crippen MR) is 89.5 cm³/mol. The van der Waals surface area contributed by atoms with E-state index in [4.69, 9.17) is 19.4 Å². The van der Waals surface area contributed by atoms with Crippen molar-refractivity contribution in [1.82, 2.24) is 0 Å².